The molecule has 0 aliphatic rings. The Bertz CT molecular complexity index is 1320. The van der Waals surface area contributed by atoms with Gasteiger partial charge in [-0.3, -0.25) is 0 Å². The lowest BCUT2D eigenvalue weighted by atomic mass is 9.96. The number of hydrogen-bond donors (Lipinski definition) is 0. The first kappa shape index (κ1) is 19.7. The molecule has 0 fully saturated rings. The first-order valence-corrected chi connectivity index (χ1v) is 13.0. The van der Waals surface area contributed by atoms with Crippen molar-refractivity contribution >= 4 is 40.8 Å². The Morgan fingerprint density at radius 1 is 0.931 bits per heavy atom. The van der Waals surface area contributed by atoms with E-state index in [-0.39, 0.29) is 10.7 Å². The van der Waals surface area contributed by atoms with Crippen LogP contribution in [0.25, 0.3) is 32.5 Å². The van der Waals surface area contributed by atoms with Crippen molar-refractivity contribution in [3.63, 3.8) is 0 Å². The van der Waals surface area contributed by atoms with Gasteiger partial charge < -0.3 is 8.84 Å². The van der Waals surface area contributed by atoms with Crippen LogP contribution < -0.4 is 10.1 Å². The van der Waals surface area contributed by atoms with E-state index in [0.717, 1.165) is 38.4 Å². The molecule has 29 heavy (non-hydrogen) atoms. The van der Waals surface area contributed by atoms with Gasteiger partial charge in [-0.25, -0.2) is 4.79 Å². The molecule has 4 rings (SSSR count). The first-order valence-electron chi connectivity index (χ1n) is 10.1. The van der Waals surface area contributed by atoms with Crippen LogP contribution in [0.15, 0.2) is 51.7 Å². The lowest BCUT2D eigenvalue weighted by Gasteiger charge is -2.37. The summed E-state index contributed by atoms with van der Waals surface area (Å²) in [6, 6.07) is 14.0. The van der Waals surface area contributed by atoms with E-state index in [1.165, 1.54) is 0 Å². The summed E-state index contributed by atoms with van der Waals surface area (Å²) >= 11 is 0. The van der Waals surface area contributed by atoms with Gasteiger partial charge in [-0.2, -0.15) is 0 Å². The lowest BCUT2D eigenvalue weighted by Crippen LogP contribution is -2.44. The van der Waals surface area contributed by atoms with Gasteiger partial charge in [0.25, 0.3) is 8.32 Å². The van der Waals surface area contributed by atoms with Gasteiger partial charge in [0, 0.05) is 16.3 Å². The smallest absolute Gasteiger partial charge is 0.344 e. The Balaban J connectivity index is 2.15. The lowest BCUT2D eigenvalue weighted by molar-refractivity contribution is 0.486. The predicted octanol–water partition coefficient (Wildman–Crippen LogP) is 7.10. The van der Waals surface area contributed by atoms with Crippen LogP contribution in [-0.2, 0) is 0 Å². The molecule has 0 radical (unpaired) electrons. The van der Waals surface area contributed by atoms with Crippen molar-refractivity contribution in [2.75, 3.05) is 0 Å². The quantitative estimate of drug-likeness (QED) is 0.203. The van der Waals surface area contributed by atoms with Crippen LogP contribution in [0.4, 0.5) is 0 Å². The molecule has 0 bridgehead atoms. The summed E-state index contributed by atoms with van der Waals surface area (Å²) in [7, 11) is -2.02. The second-order valence-electron chi connectivity index (χ2n) is 9.48. The molecule has 0 aliphatic heterocycles. The molecule has 0 aliphatic carbocycles. The molecule has 0 amide bonds. The average molecular weight is 405 g/mol. The monoisotopic (exact) mass is 404 g/mol. The van der Waals surface area contributed by atoms with Gasteiger partial charge in [0.05, 0.1) is 5.39 Å². The van der Waals surface area contributed by atoms with E-state index in [9.17, 15) is 4.79 Å². The van der Waals surface area contributed by atoms with Crippen molar-refractivity contribution in [2.45, 2.75) is 52.8 Å². The van der Waals surface area contributed by atoms with E-state index in [2.05, 4.69) is 52.9 Å². The zero-order valence-electron chi connectivity index (χ0n) is 18.3. The molecule has 4 heteroatoms. The minimum atomic E-state index is -2.02. The highest BCUT2D eigenvalue weighted by Gasteiger charge is 2.39. The minimum absolute atomic E-state index is 0.0961. The number of rotatable bonds is 2. The normalized spacial score (nSPS) is 12.8. The van der Waals surface area contributed by atoms with Crippen molar-refractivity contribution in [2.24, 2.45) is 0 Å². The highest BCUT2D eigenvalue weighted by molar-refractivity contribution is 6.74. The molecule has 0 saturated carbocycles. The topological polar surface area (TPSA) is 39.4 Å². The summed E-state index contributed by atoms with van der Waals surface area (Å²) in [6.07, 6.45) is 0. The third-order valence-corrected chi connectivity index (χ3v) is 10.8. The molecule has 4 aromatic rings. The molecular formula is C25H28O3Si. The summed E-state index contributed by atoms with van der Waals surface area (Å²) in [6.45, 7) is 15.4. The maximum atomic E-state index is 12.7. The highest BCUT2D eigenvalue weighted by Crippen LogP contribution is 2.42. The zero-order valence-corrected chi connectivity index (χ0v) is 19.3. The Morgan fingerprint density at radius 3 is 2.31 bits per heavy atom. The highest BCUT2D eigenvalue weighted by atomic mass is 28.4. The summed E-state index contributed by atoms with van der Waals surface area (Å²) in [5.41, 5.74) is 2.36. The standard InChI is InChI=1S/C25H28O3Si/c1-15-14-20-21(16(2)23(15)28-29(6,7)25(3,4)5)22-18-11-9-8-10-17(18)12-13-19(22)24(26)27-20/h8-14H,1-7H3. The number of benzene rings is 3. The molecule has 0 saturated heterocycles. The van der Waals surface area contributed by atoms with E-state index >= 15 is 0 Å². The van der Waals surface area contributed by atoms with Gasteiger partial charge in [-0.15, -0.1) is 0 Å². The van der Waals surface area contributed by atoms with Gasteiger partial charge >= 0.3 is 5.63 Å². The summed E-state index contributed by atoms with van der Waals surface area (Å²) in [5, 5.41) is 4.80. The van der Waals surface area contributed by atoms with Crippen LogP contribution in [0.3, 0.4) is 0 Å². The second-order valence-corrected chi connectivity index (χ2v) is 14.2. The summed E-state index contributed by atoms with van der Waals surface area (Å²) in [5.74, 6) is 0.923. The van der Waals surface area contributed by atoms with Crippen LogP contribution in [-0.4, -0.2) is 8.32 Å². The second kappa shape index (κ2) is 6.46. The van der Waals surface area contributed by atoms with Crippen LogP contribution in [0.2, 0.25) is 18.1 Å². The van der Waals surface area contributed by atoms with E-state index in [4.69, 9.17) is 8.84 Å². The Labute approximate surface area is 172 Å². The fraction of sp³-hybridized carbons (Fsp3) is 0.320. The molecule has 0 spiro atoms. The third kappa shape index (κ3) is 3.06. The molecule has 3 nitrogen and oxygen atoms in total. The molecule has 0 unspecified atom stereocenters. The Kier molecular flexibility index (Phi) is 4.39. The Morgan fingerprint density at radius 2 is 1.62 bits per heavy atom. The first-order chi connectivity index (χ1) is 13.5. The number of aryl methyl sites for hydroxylation is 2. The van der Waals surface area contributed by atoms with Gasteiger partial charge in [0.15, 0.2) is 0 Å². The average Bonchev–Trinajstić information content (AvgIpc) is 2.63. The molecule has 150 valence electrons. The molecular weight excluding hydrogens is 376 g/mol. The van der Waals surface area contributed by atoms with Crippen molar-refractivity contribution in [3.8, 4) is 5.75 Å². The fourth-order valence-corrected chi connectivity index (χ4v) is 4.88. The zero-order chi connectivity index (χ0) is 21.1. The van der Waals surface area contributed by atoms with Crippen LogP contribution in [0.5, 0.6) is 5.75 Å². The van der Waals surface area contributed by atoms with Gasteiger partial charge in [0.2, 0.25) is 0 Å². The number of fused-ring (bicyclic) bond motifs is 5. The maximum Gasteiger partial charge on any atom is 0.344 e. The SMILES string of the molecule is Cc1cc2oc(=O)c3ccc4ccccc4c3c2c(C)c1O[Si](C)(C)C(C)(C)C. The predicted molar refractivity (Wildman–Crippen MR) is 125 cm³/mol. The van der Waals surface area contributed by atoms with Gasteiger partial charge in [-0.05, 0) is 60.4 Å². The van der Waals surface area contributed by atoms with Gasteiger partial charge in [-0.1, -0.05) is 51.1 Å². The van der Waals surface area contributed by atoms with Crippen molar-refractivity contribution < 1.29 is 8.84 Å². The van der Waals surface area contributed by atoms with E-state index in [1.54, 1.807) is 0 Å². The van der Waals surface area contributed by atoms with Crippen molar-refractivity contribution in [1.29, 1.82) is 0 Å². The van der Waals surface area contributed by atoms with Crippen molar-refractivity contribution in [3.05, 3.63) is 64.0 Å². The van der Waals surface area contributed by atoms with Crippen molar-refractivity contribution in [1.82, 2.24) is 0 Å². The minimum Gasteiger partial charge on any atom is -0.543 e. The maximum absolute atomic E-state index is 12.7. The largest absolute Gasteiger partial charge is 0.543 e. The number of hydrogen-bond acceptors (Lipinski definition) is 3. The fourth-order valence-electron chi connectivity index (χ4n) is 3.75. The van der Waals surface area contributed by atoms with E-state index < -0.39 is 8.32 Å². The van der Waals surface area contributed by atoms with Gasteiger partial charge in [0.1, 0.15) is 11.3 Å². The van der Waals surface area contributed by atoms with E-state index in [1.807, 2.05) is 37.3 Å². The third-order valence-electron chi connectivity index (χ3n) is 6.43. The summed E-state index contributed by atoms with van der Waals surface area (Å²) < 4.78 is 12.5. The molecule has 0 N–H and O–H groups in total. The summed E-state index contributed by atoms with van der Waals surface area (Å²) in [4.78, 5) is 12.7. The molecule has 3 aromatic carbocycles. The Hall–Kier alpha value is -2.59. The molecule has 1 aromatic heterocycles. The molecule has 1 heterocycles. The molecule has 0 atom stereocenters. The van der Waals surface area contributed by atoms with Crippen LogP contribution in [0.1, 0.15) is 31.9 Å². The van der Waals surface area contributed by atoms with Crippen LogP contribution in [0, 0.1) is 13.8 Å². The van der Waals surface area contributed by atoms with E-state index in [0.29, 0.717) is 11.0 Å². The van der Waals surface area contributed by atoms with Crippen LogP contribution >= 0.6 is 0 Å².